The molecule has 3 rings (SSSR count). The first-order valence-corrected chi connectivity index (χ1v) is 6.56. The Hall–Kier alpha value is -1.64. The second-order valence-electron chi connectivity index (χ2n) is 5.85. The molecular weight excluding hydrogens is 222 g/mol. The lowest BCUT2D eigenvalue weighted by Crippen LogP contribution is -2.51. The Morgan fingerprint density at radius 1 is 1.22 bits per heavy atom. The highest BCUT2D eigenvalue weighted by molar-refractivity contribution is 5.62. The maximum absolute atomic E-state index is 4.71. The number of aryl methyl sites for hydroxylation is 1. The van der Waals surface area contributed by atoms with Crippen molar-refractivity contribution in [1.82, 2.24) is 9.78 Å². The van der Waals surface area contributed by atoms with Gasteiger partial charge in [-0.25, -0.2) is 4.57 Å². The molecule has 0 atom stereocenters. The summed E-state index contributed by atoms with van der Waals surface area (Å²) in [5.41, 5.74) is 2.69. The number of nitrogens with zero attached hydrogens (tertiary/aromatic N) is 3. The fourth-order valence-electron chi connectivity index (χ4n) is 3.11. The van der Waals surface area contributed by atoms with Crippen LogP contribution in [0.3, 0.4) is 0 Å². The average molecular weight is 242 g/mol. The Morgan fingerprint density at radius 3 is 2.56 bits per heavy atom. The molecule has 0 bridgehead atoms. The first-order chi connectivity index (χ1) is 8.44. The first-order valence-electron chi connectivity index (χ1n) is 6.56. The van der Waals surface area contributed by atoms with E-state index in [0.29, 0.717) is 6.04 Å². The number of benzene rings is 1. The zero-order chi connectivity index (χ0) is 13.1. The molecule has 1 aromatic heterocycles. The minimum atomic E-state index is -0.0108. The van der Waals surface area contributed by atoms with Crippen LogP contribution >= 0.6 is 0 Å². The fraction of sp³-hybridized carbons (Fsp3) is 0.467. The lowest BCUT2D eigenvalue weighted by atomic mass is 9.93. The van der Waals surface area contributed by atoms with Crippen molar-refractivity contribution in [1.29, 1.82) is 0 Å². The van der Waals surface area contributed by atoms with E-state index >= 15 is 0 Å². The molecule has 0 saturated carbocycles. The van der Waals surface area contributed by atoms with E-state index in [1.807, 2.05) is 0 Å². The molecular formula is C15H20N3+. The molecule has 0 fully saturated rings. The number of fused-ring (bicyclic) bond motifs is 3. The molecule has 0 amide bonds. The van der Waals surface area contributed by atoms with E-state index in [9.17, 15) is 0 Å². The van der Waals surface area contributed by atoms with Crippen LogP contribution in [0, 0.1) is 6.92 Å². The van der Waals surface area contributed by atoms with E-state index in [1.54, 1.807) is 0 Å². The smallest absolute Gasteiger partial charge is 0.219 e. The molecule has 1 aliphatic rings. The Balaban J connectivity index is 2.41. The predicted molar refractivity (Wildman–Crippen MR) is 71.4 cm³/mol. The van der Waals surface area contributed by atoms with Crippen LogP contribution in [0.1, 0.15) is 45.1 Å². The van der Waals surface area contributed by atoms with Crippen LogP contribution < -0.4 is 4.57 Å². The van der Waals surface area contributed by atoms with Gasteiger partial charge in [-0.2, -0.15) is 0 Å². The molecule has 0 aliphatic carbocycles. The van der Waals surface area contributed by atoms with Gasteiger partial charge in [0.1, 0.15) is 11.6 Å². The Labute approximate surface area is 108 Å². The molecule has 1 aromatic carbocycles. The topological polar surface area (TPSA) is 21.7 Å². The van der Waals surface area contributed by atoms with Crippen LogP contribution in [0.4, 0.5) is 0 Å². The van der Waals surface area contributed by atoms with E-state index in [2.05, 4.69) is 68.1 Å². The second-order valence-corrected chi connectivity index (χ2v) is 5.85. The highest BCUT2D eigenvalue weighted by atomic mass is 15.4. The standard InChI is InChI=1S/C15H20N3/c1-10(2)18-14-12-8-6-7-9-13(12)15(4,5)17(14)11(3)16-18/h6-10H,1-5H3/q+1. The highest BCUT2D eigenvalue weighted by Gasteiger charge is 2.45. The molecule has 0 spiro atoms. The molecule has 3 heteroatoms. The molecule has 18 heavy (non-hydrogen) atoms. The molecule has 3 nitrogen and oxygen atoms in total. The van der Waals surface area contributed by atoms with Crippen molar-refractivity contribution in [3.63, 3.8) is 0 Å². The minimum Gasteiger partial charge on any atom is -0.219 e. The van der Waals surface area contributed by atoms with Gasteiger partial charge in [0, 0.05) is 17.6 Å². The van der Waals surface area contributed by atoms with Crippen LogP contribution in [0.25, 0.3) is 11.4 Å². The van der Waals surface area contributed by atoms with Gasteiger partial charge in [-0.3, -0.25) is 0 Å². The Kier molecular flexibility index (Phi) is 2.19. The van der Waals surface area contributed by atoms with Gasteiger partial charge in [-0.05, 0) is 33.8 Å². The van der Waals surface area contributed by atoms with Gasteiger partial charge in [-0.1, -0.05) is 18.2 Å². The molecule has 2 aromatic rings. The maximum atomic E-state index is 4.71. The number of rotatable bonds is 1. The molecule has 0 unspecified atom stereocenters. The fourth-order valence-corrected chi connectivity index (χ4v) is 3.11. The summed E-state index contributed by atoms with van der Waals surface area (Å²) in [6.07, 6.45) is 0. The number of hydrogen-bond acceptors (Lipinski definition) is 1. The van der Waals surface area contributed by atoms with E-state index < -0.39 is 0 Å². The summed E-state index contributed by atoms with van der Waals surface area (Å²) in [5, 5.41) is 4.71. The predicted octanol–water partition coefficient (Wildman–Crippen LogP) is 2.82. The van der Waals surface area contributed by atoms with Crippen molar-refractivity contribution in [3.05, 3.63) is 35.7 Å². The average Bonchev–Trinajstić information content (AvgIpc) is 2.77. The zero-order valence-corrected chi connectivity index (χ0v) is 11.7. The minimum absolute atomic E-state index is 0.0108. The van der Waals surface area contributed by atoms with Gasteiger partial charge in [-0.15, -0.1) is 4.68 Å². The van der Waals surface area contributed by atoms with E-state index in [1.165, 1.54) is 17.0 Å². The molecule has 94 valence electrons. The van der Waals surface area contributed by atoms with Crippen LogP contribution in [0.2, 0.25) is 0 Å². The van der Waals surface area contributed by atoms with Crippen LogP contribution in [-0.2, 0) is 5.54 Å². The van der Waals surface area contributed by atoms with Gasteiger partial charge >= 0.3 is 0 Å². The van der Waals surface area contributed by atoms with Crippen molar-refractivity contribution in [2.45, 2.75) is 46.2 Å². The van der Waals surface area contributed by atoms with Crippen molar-refractivity contribution < 1.29 is 4.57 Å². The zero-order valence-electron chi connectivity index (χ0n) is 11.7. The van der Waals surface area contributed by atoms with Gasteiger partial charge < -0.3 is 0 Å². The molecule has 0 N–H and O–H groups in total. The molecule has 2 heterocycles. The lowest BCUT2D eigenvalue weighted by Gasteiger charge is -2.18. The van der Waals surface area contributed by atoms with E-state index in [-0.39, 0.29) is 5.54 Å². The third-order valence-electron chi connectivity index (χ3n) is 3.88. The highest BCUT2D eigenvalue weighted by Crippen LogP contribution is 2.38. The molecule has 0 radical (unpaired) electrons. The Morgan fingerprint density at radius 2 is 1.89 bits per heavy atom. The molecule has 1 aliphatic heterocycles. The van der Waals surface area contributed by atoms with Gasteiger partial charge in [0.15, 0.2) is 0 Å². The van der Waals surface area contributed by atoms with Crippen molar-refractivity contribution >= 4 is 0 Å². The Bertz CT molecular complexity index is 621. The summed E-state index contributed by atoms with van der Waals surface area (Å²) in [6.45, 7) is 11.0. The molecule has 0 saturated heterocycles. The monoisotopic (exact) mass is 242 g/mol. The largest absolute Gasteiger partial charge is 0.275 e. The van der Waals surface area contributed by atoms with Crippen LogP contribution in [-0.4, -0.2) is 9.78 Å². The van der Waals surface area contributed by atoms with Gasteiger partial charge in [0.25, 0.3) is 11.6 Å². The quantitative estimate of drug-likeness (QED) is 0.705. The van der Waals surface area contributed by atoms with Gasteiger partial charge in [0.05, 0.1) is 5.56 Å². The third-order valence-corrected chi connectivity index (χ3v) is 3.88. The van der Waals surface area contributed by atoms with Crippen LogP contribution in [0.15, 0.2) is 24.3 Å². The summed E-state index contributed by atoms with van der Waals surface area (Å²) in [4.78, 5) is 0. The lowest BCUT2D eigenvalue weighted by molar-refractivity contribution is -0.737. The van der Waals surface area contributed by atoms with Crippen molar-refractivity contribution in [2.75, 3.05) is 0 Å². The van der Waals surface area contributed by atoms with Crippen molar-refractivity contribution in [3.8, 4) is 11.4 Å². The SMILES string of the molecule is Cc1nn(C(C)C)c2[n+]1C(C)(C)c1ccccc1-2. The summed E-state index contributed by atoms with van der Waals surface area (Å²) in [7, 11) is 0. The van der Waals surface area contributed by atoms with Gasteiger partial charge in [0.2, 0.25) is 0 Å². The number of aromatic nitrogens is 3. The summed E-state index contributed by atoms with van der Waals surface area (Å²) < 4.78 is 4.50. The normalized spacial score (nSPS) is 15.9. The van der Waals surface area contributed by atoms with Crippen LogP contribution in [0.5, 0.6) is 0 Å². The van der Waals surface area contributed by atoms with E-state index in [4.69, 9.17) is 5.10 Å². The first kappa shape index (κ1) is 11.5. The maximum Gasteiger partial charge on any atom is 0.275 e. The van der Waals surface area contributed by atoms with E-state index in [0.717, 1.165) is 5.82 Å². The summed E-state index contributed by atoms with van der Waals surface area (Å²) >= 11 is 0. The second kappa shape index (κ2) is 3.44. The third kappa shape index (κ3) is 1.25. The summed E-state index contributed by atoms with van der Waals surface area (Å²) in [6, 6.07) is 9.04. The number of hydrogen-bond donors (Lipinski definition) is 0. The van der Waals surface area contributed by atoms with Crippen molar-refractivity contribution in [2.24, 2.45) is 0 Å². The summed E-state index contributed by atoms with van der Waals surface area (Å²) in [5.74, 6) is 2.32.